The quantitative estimate of drug-likeness (QED) is 0.374. The Morgan fingerprint density at radius 1 is 0.848 bits per heavy atom. The molecule has 3 nitrogen and oxygen atoms in total. The number of carbonyl (C=O) groups excluding carboxylic acids is 1. The highest BCUT2D eigenvalue weighted by atomic mass is 16.1. The van der Waals surface area contributed by atoms with Crippen LogP contribution < -0.4 is 10.6 Å². The van der Waals surface area contributed by atoms with Gasteiger partial charge in [-0.15, -0.1) is 0 Å². The van der Waals surface area contributed by atoms with Crippen molar-refractivity contribution >= 4 is 11.6 Å². The van der Waals surface area contributed by atoms with Gasteiger partial charge in [0, 0.05) is 17.8 Å². The van der Waals surface area contributed by atoms with Crippen molar-refractivity contribution in [1.29, 1.82) is 0 Å². The van der Waals surface area contributed by atoms with Gasteiger partial charge < -0.3 is 10.6 Å². The van der Waals surface area contributed by atoms with Crippen LogP contribution in [-0.4, -0.2) is 18.0 Å². The molecule has 0 atom stereocenters. The van der Waals surface area contributed by atoms with E-state index in [9.17, 15) is 4.79 Å². The Morgan fingerprint density at radius 3 is 2.18 bits per heavy atom. The molecule has 4 fully saturated rings. The van der Waals surface area contributed by atoms with Crippen LogP contribution in [0.1, 0.15) is 87.9 Å². The summed E-state index contributed by atoms with van der Waals surface area (Å²) in [6, 6.07) is 16.8. The Kier molecular flexibility index (Phi) is 6.76. The summed E-state index contributed by atoms with van der Waals surface area (Å²) in [7, 11) is 0. The van der Waals surface area contributed by atoms with Crippen molar-refractivity contribution in [1.82, 2.24) is 5.32 Å². The number of nitrogens with one attached hydrogen (secondary N) is 2. The van der Waals surface area contributed by atoms with E-state index in [-0.39, 0.29) is 11.4 Å². The third kappa shape index (κ3) is 5.13. The molecule has 0 heterocycles. The number of carbonyl (C=O) groups is 1. The standard InChI is InChI=1S/C30H40N2O/c1-2-3-4-5-9-14-31-28-13-12-26(25-10-7-6-8-11-25)18-27(28)29(33)32-30-19-22-15-23(20-30)17-24(16-22)21-30/h6-8,10-13,18,22-24,31H,2-5,9,14-17,19-21H2,1H3,(H,32,33). The van der Waals surface area contributed by atoms with E-state index in [4.69, 9.17) is 0 Å². The van der Waals surface area contributed by atoms with Crippen molar-refractivity contribution in [2.45, 2.75) is 83.1 Å². The van der Waals surface area contributed by atoms with Crippen molar-refractivity contribution in [2.75, 3.05) is 11.9 Å². The summed E-state index contributed by atoms with van der Waals surface area (Å²) in [4.78, 5) is 13.8. The summed E-state index contributed by atoms with van der Waals surface area (Å²) >= 11 is 0. The first-order valence-electron chi connectivity index (χ1n) is 13.4. The smallest absolute Gasteiger partial charge is 0.253 e. The van der Waals surface area contributed by atoms with Gasteiger partial charge >= 0.3 is 0 Å². The van der Waals surface area contributed by atoms with Crippen LogP contribution in [0.15, 0.2) is 48.5 Å². The minimum absolute atomic E-state index is 0.0337. The van der Waals surface area contributed by atoms with Crippen LogP contribution in [0.4, 0.5) is 5.69 Å². The normalized spacial score (nSPS) is 27.5. The van der Waals surface area contributed by atoms with Gasteiger partial charge in [0.05, 0.1) is 5.56 Å². The van der Waals surface area contributed by atoms with Gasteiger partial charge in [0.2, 0.25) is 0 Å². The summed E-state index contributed by atoms with van der Waals surface area (Å²) in [6.45, 7) is 3.17. The average molecular weight is 445 g/mol. The Balaban J connectivity index is 1.34. The molecule has 4 aliphatic rings. The van der Waals surface area contributed by atoms with E-state index in [1.54, 1.807) is 0 Å². The Hall–Kier alpha value is -2.29. The molecule has 2 aromatic rings. The molecule has 6 rings (SSSR count). The van der Waals surface area contributed by atoms with Crippen LogP contribution in [0.2, 0.25) is 0 Å². The molecule has 2 N–H and O–H groups in total. The third-order valence-corrected chi connectivity index (χ3v) is 8.38. The number of rotatable bonds is 10. The van der Waals surface area contributed by atoms with E-state index in [1.807, 2.05) is 6.07 Å². The number of unbranched alkanes of at least 4 members (excludes halogenated alkanes) is 4. The molecule has 176 valence electrons. The van der Waals surface area contributed by atoms with E-state index in [2.05, 4.69) is 60.0 Å². The predicted octanol–water partition coefficient (Wildman–Crippen LogP) is 7.43. The highest BCUT2D eigenvalue weighted by molar-refractivity contribution is 6.01. The lowest BCUT2D eigenvalue weighted by Crippen LogP contribution is -2.59. The van der Waals surface area contributed by atoms with Crippen molar-refractivity contribution in [3.63, 3.8) is 0 Å². The molecule has 4 bridgehead atoms. The maximum atomic E-state index is 13.8. The van der Waals surface area contributed by atoms with Crippen molar-refractivity contribution in [2.24, 2.45) is 17.8 Å². The zero-order valence-electron chi connectivity index (χ0n) is 20.2. The first-order chi connectivity index (χ1) is 16.1. The van der Waals surface area contributed by atoms with Gasteiger partial charge in [0.25, 0.3) is 5.91 Å². The molecule has 0 saturated heterocycles. The lowest BCUT2D eigenvalue weighted by Gasteiger charge is -2.56. The van der Waals surface area contributed by atoms with E-state index < -0.39 is 0 Å². The zero-order valence-corrected chi connectivity index (χ0v) is 20.2. The van der Waals surface area contributed by atoms with Gasteiger partial charge in [-0.2, -0.15) is 0 Å². The van der Waals surface area contributed by atoms with Crippen LogP contribution in [0.3, 0.4) is 0 Å². The van der Waals surface area contributed by atoms with Gasteiger partial charge in [-0.05, 0) is 86.0 Å². The second kappa shape index (κ2) is 9.91. The number of amides is 1. The van der Waals surface area contributed by atoms with Crippen LogP contribution in [0, 0.1) is 17.8 Å². The largest absolute Gasteiger partial charge is 0.384 e. The molecule has 3 heteroatoms. The Morgan fingerprint density at radius 2 is 1.52 bits per heavy atom. The van der Waals surface area contributed by atoms with Crippen LogP contribution in [-0.2, 0) is 0 Å². The summed E-state index contributed by atoms with van der Waals surface area (Å²) in [5, 5.41) is 7.20. The van der Waals surface area contributed by atoms with E-state index in [1.165, 1.54) is 64.2 Å². The number of hydrogen-bond acceptors (Lipinski definition) is 2. The summed E-state index contributed by atoms with van der Waals surface area (Å²) in [6.07, 6.45) is 14.0. The zero-order chi connectivity index (χ0) is 22.7. The highest BCUT2D eigenvalue weighted by Gasteiger charge is 2.51. The lowest BCUT2D eigenvalue weighted by atomic mass is 9.53. The first-order valence-corrected chi connectivity index (χ1v) is 13.4. The molecule has 4 saturated carbocycles. The summed E-state index contributed by atoms with van der Waals surface area (Å²) in [5.41, 5.74) is 4.09. The van der Waals surface area contributed by atoms with Gasteiger partial charge in [-0.1, -0.05) is 69.0 Å². The lowest BCUT2D eigenvalue weighted by molar-refractivity contribution is -0.0166. The van der Waals surface area contributed by atoms with Crippen molar-refractivity contribution in [3.05, 3.63) is 54.1 Å². The predicted molar refractivity (Wildman–Crippen MR) is 137 cm³/mol. The fraction of sp³-hybridized carbons (Fsp3) is 0.567. The summed E-state index contributed by atoms with van der Waals surface area (Å²) in [5.74, 6) is 2.59. The fourth-order valence-corrected chi connectivity index (χ4v) is 7.22. The molecule has 0 spiro atoms. The first kappa shape index (κ1) is 22.5. The Bertz CT molecular complexity index is 916. The van der Waals surface area contributed by atoms with Gasteiger partial charge in [0.1, 0.15) is 0 Å². The molecule has 2 aromatic carbocycles. The molecule has 1 amide bonds. The Labute approximate surface area is 199 Å². The molecule has 0 radical (unpaired) electrons. The third-order valence-electron chi connectivity index (χ3n) is 8.38. The number of benzene rings is 2. The van der Waals surface area contributed by atoms with Gasteiger partial charge in [0.15, 0.2) is 0 Å². The van der Waals surface area contributed by atoms with Crippen LogP contribution >= 0.6 is 0 Å². The monoisotopic (exact) mass is 444 g/mol. The van der Waals surface area contributed by atoms with Gasteiger partial charge in [-0.25, -0.2) is 0 Å². The second-order valence-corrected chi connectivity index (χ2v) is 11.1. The van der Waals surface area contributed by atoms with Crippen LogP contribution in [0.25, 0.3) is 11.1 Å². The maximum Gasteiger partial charge on any atom is 0.253 e. The molecule has 0 aliphatic heterocycles. The summed E-state index contributed by atoms with van der Waals surface area (Å²) < 4.78 is 0. The van der Waals surface area contributed by atoms with Crippen molar-refractivity contribution in [3.8, 4) is 11.1 Å². The molecule has 4 aliphatic carbocycles. The highest BCUT2D eigenvalue weighted by Crippen LogP contribution is 2.55. The molecule has 33 heavy (non-hydrogen) atoms. The molecule has 0 unspecified atom stereocenters. The van der Waals surface area contributed by atoms with E-state index in [0.717, 1.165) is 53.1 Å². The van der Waals surface area contributed by atoms with Gasteiger partial charge in [-0.3, -0.25) is 4.79 Å². The molecular formula is C30H40N2O. The van der Waals surface area contributed by atoms with Crippen LogP contribution in [0.5, 0.6) is 0 Å². The minimum Gasteiger partial charge on any atom is -0.384 e. The minimum atomic E-state index is 0.0337. The topological polar surface area (TPSA) is 41.1 Å². The van der Waals surface area contributed by atoms with E-state index >= 15 is 0 Å². The fourth-order valence-electron chi connectivity index (χ4n) is 7.22. The average Bonchev–Trinajstić information content (AvgIpc) is 2.81. The molecular weight excluding hydrogens is 404 g/mol. The van der Waals surface area contributed by atoms with Crippen molar-refractivity contribution < 1.29 is 4.79 Å². The number of anilines is 1. The number of hydrogen-bond donors (Lipinski definition) is 2. The second-order valence-electron chi connectivity index (χ2n) is 11.1. The van der Waals surface area contributed by atoms with E-state index in [0.29, 0.717) is 0 Å². The maximum absolute atomic E-state index is 13.8. The SMILES string of the molecule is CCCCCCCNc1ccc(-c2ccccc2)cc1C(=O)NC12CC3CC(CC(C3)C1)C2. The molecule has 0 aromatic heterocycles.